The van der Waals surface area contributed by atoms with Gasteiger partial charge in [-0.1, -0.05) is 0 Å². The average Bonchev–Trinajstić information content (AvgIpc) is 2.80. The summed E-state index contributed by atoms with van der Waals surface area (Å²) in [7, 11) is -2.26. The molecule has 10 heteroatoms. The summed E-state index contributed by atoms with van der Waals surface area (Å²) in [6.07, 6.45) is -0.926. The van der Waals surface area contributed by atoms with E-state index in [1.165, 1.54) is 7.11 Å². The van der Waals surface area contributed by atoms with Gasteiger partial charge < -0.3 is 19.9 Å². The Morgan fingerprint density at radius 1 is 1.35 bits per heavy atom. The van der Waals surface area contributed by atoms with Crippen molar-refractivity contribution in [3.63, 3.8) is 0 Å². The molecule has 0 saturated carbocycles. The van der Waals surface area contributed by atoms with Crippen LogP contribution in [0.4, 0.5) is 4.79 Å². The van der Waals surface area contributed by atoms with Crippen LogP contribution < -0.4 is 5.32 Å². The van der Waals surface area contributed by atoms with Gasteiger partial charge in [0.1, 0.15) is 5.60 Å². The van der Waals surface area contributed by atoms with Crippen LogP contribution in [0.3, 0.4) is 0 Å². The first kappa shape index (κ1) is 19.7. The summed E-state index contributed by atoms with van der Waals surface area (Å²) in [5.41, 5.74) is -2.48. The number of nitrogens with zero attached hydrogens (tertiary/aromatic N) is 1. The predicted molar refractivity (Wildman–Crippen MR) is 81.6 cm³/mol. The Kier molecular flexibility index (Phi) is 6.00. The fourth-order valence-electron chi connectivity index (χ4n) is 2.16. The van der Waals surface area contributed by atoms with Gasteiger partial charge in [-0.2, -0.15) is 4.31 Å². The molecule has 1 heterocycles. The number of carbonyl (C=O) groups excluding carboxylic acids is 1. The number of aliphatic carboxylic acids is 1. The molecule has 1 fully saturated rings. The molecule has 1 atom stereocenters. The monoisotopic (exact) mass is 352 g/mol. The second kappa shape index (κ2) is 7.02. The number of hydrogen-bond acceptors (Lipinski definition) is 6. The molecule has 9 nitrogen and oxygen atoms in total. The Bertz CT molecular complexity index is 555. The summed E-state index contributed by atoms with van der Waals surface area (Å²) in [6.45, 7) is 4.63. The number of carboxylic acid groups (broad SMARTS) is 1. The Hall–Kier alpha value is -1.39. The lowest BCUT2D eigenvalue weighted by atomic mass is 9.99. The quantitative estimate of drug-likeness (QED) is 0.691. The molecule has 0 radical (unpaired) electrons. The van der Waals surface area contributed by atoms with Crippen molar-refractivity contribution in [2.24, 2.45) is 0 Å². The third-order valence-corrected chi connectivity index (χ3v) is 5.10. The first-order valence-corrected chi connectivity index (χ1v) is 8.74. The summed E-state index contributed by atoms with van der Waals surface area (Å²) in [5.74, 6) is -1.54. The number of carbonyl (C=O) groups is 2. The number of ether oxygens (including phenoxy) is 2. The topological polar surface area (TPSA) is 122 Å². The van der Waals surface area contributed by atoms with Gasteiger partial charge in [0.15, 0.2) is 5.54 Å². The molecular weight excluding hydrogens is 328 g/mol. The van der Waals surface area contributed by atoms with Crippen LogP contribution in [0.15, 0.2) is 0 Å². The maximum absolute atomic E-state index is 12.1. The molecule has 1 aliphatic rings. The maximum atomic E-state index is 12.1. The zero-order valence-corrected chi connectivity index (χ0v) is 14.6. The van der Waals surface area contributed by atoms with Crippen LogP contribution in [-0.2, 0) is 24.3 Å². The second-order valence-corrected chi connectivity index (χ2v) is 8.49. The Labute approximate surface area is 136 Å². The van der Waals surface area contributed by atoms with Crippen molar-refractivity contribution >= 4 is 22.1 Å². The molecule has 0 aromatic heterocycles. The molecule has 0 aromatic carbocycles. The highest BCUT2D eigenvalue weighted by Gasteiger charge is 2.49. The van der Waals surface area contributed by atoms with Crippen LogP contribution in [0.5, 0.6) is 0 Å². The number of rotatable bonds is 6. The Morgan fingerprint density at radius 2 is 1.96 bits per heavy atom. The van der Waals surface area contributed by atoms with E-state index < -0.39 is 33.2 Å². The Balaban J connectivity index is 2.85. The van der Waals surface area contributed by atoms with E-state index in [2.05, 4.69) is 5.32 Å². The van der Waals surface area contributed by atoms with Crippen molar-refractivity contribution in [1.29, 1.82) is 0 Å². The molecule has 2 N–H and O–H groups in total. The normalized spacial score (nSPS) is 22.8. The van der Waals surface area contributed by atoms with Gasteiger partial charge in [-0.15, -0.1) is 0 Å². The van der Waals surface area contributed by atoms with Crippen LogP contribution in [0, 0.1) is 0 Å². The van der Waals surface area contributed by atoms with Crippen LogP contribution in [0.25, 0.3) is 0 Å². The van der Waals surface area contributed by atoms with Gasteiger partial charge in [-0.3, -0.25) is 0 Å². The molecule has 1 unspecified atom stereocenters. The molecule has 1 amide bonds. The molecule has 134 valence electrons. The standard InChI is InChI=1S/C13H24N2O7S/c1-12(2,3)22-11(18)14-13(10(16)17)5-6-15(9-13)23(19,20)8-7-21-4/h5-9H2,1-4H3,(H,14,18)(H,16,17). The van der Waals surface area contributed by atoms with Gasteiger partial charge >= 0.3 is 12.1 Å². The van der Waals surface area contributed by atoms with Crippen LogP contribution in [-0.4, -0.2) is 73.6 Å². The van der Waals surface area contributed by atoms with Gasteiger partial charge in [0.2, 0.25) is 10.0 Å². The number of amides is 1. The minimum atomic E-state index is -3.64. The molecule has 23 heavy (non-hydrogen) atoms. The molecule has 0 spiro atoms. The van der Waals surface area contributed by atoms with E-state index in [0.717, 1.165) is 4.31 Å². The average molecular weight is 352 g/mol. The molecule has 1 saturated heterocycles. The van der Waals surface area contributed by atoms with E-state index in [1.807, 2.05) is 0 Å². The fourth-order valence-corrected chi connectivity index (χ4v) is 3.58. The summed E-state index contributed by atoms with van der Waals surface area (Å²) >= 11 is 0. The van der Waals surface area contributed by atoms with Gasteiger partial charge in [0, 0.05) is 20.2 Å². The second-order valence-electron chi connectivity index (χ2n) is 6.41. The molecule has 0 aliphatic carbocycles. The van der Waals surface area contributed by atoms with E-state index in [1.54, 1.807) is 20.8 Å². The van der Waals surface area contributed by atoms with Gasteiger partial charge in [0.25, 0.3) is 0 Å². The summed E-state index contributed by atoms with van der Waals surface area (Å²) < 4.78 is 35.1. The zero-order chi connectivity index (χ0) is 17.9. The number of nitrogens with one attached hydrogen (secondary N) is 1. The zero-order valence-electron chi connectivity index (χ0n) is 13.8. The molecule has 0 bridgehead atoms. The fraction of sp³-hybridized carbons (Fsp3) is 0.846. The van der Waals surface area contributed by atoms with Crippen molar-refractivity contribution < 1.29 is 32.6 Å². The molecule has 1 aliphatic heterocycles. The molecule has 0 aromatic rings. The maximum Gasteiger partial charge on any atom is 0.408 e. The van der Waals surface area contributed by atoms with Crippen LogP contribution in [0.1, 0.15) is 27.2 Å². The SMILES string of the molecule is COCCS(=O)(=O)N1CCC(NC(=O)OC(C)(C)C)(C(=O)O)C1. The minimum absolute atomic E-state index is 0.00808. The third kappa shape index (κ3) is 5.33. The van der Waals surface area contributed by atoms with E-state index in [4.69, 9.17) is 9.47 Å². The molecular formula is C13H24N2O7S. The van der Waals surface area contributed by atoms with E-state index in [0.29, 0.717) is 0 Å². The predicted octanol–water partition coefficient (Wildman–Crippen LogP) is 0.0164. The van der Waals surface area contributed by atoms with Crippen molar-refractivity contribution in [3.05, 3.63) is 0 Å². The smallest absolute Gasteiger partial charge is 0.408 e. The lowest BCUT2D eigenvalue weighted by Gasteiger charge is -2.28. The summed E-state index contributed by atoms with van der Waals surface area (Å²) in [5, 5.41) is 11.8. The van der Waals surface area contributed by atoms with Crippen LogP contribution in [0.2, 0.25) is 0 Å². The van der Waals surface area contributed by atoms with Gasteiger partial charge in [-0.25, -0.2) is 18.0 Å². The number of alkyl carbamates (subject to hydrolysis) is 1. The van der Waals surface area contributed by atoms with E-state index in [-0.39, 0.29) is 31.9 Å². The lowest BCUT2D eigenvalue weighted by molar-refractivity contribution is -0.144. The minimum Gasteiger partial charge on any atom is -0.479 e. The van der Waals surface area contributed by atoms with E-state index in [9.17, 15) is 23.1 Å². The van der Waals surface area contributed by atoms with Crippen molar-refractivity contribution in [2.45, 2.75) is 38.3 Å². The van der Waals surface area contributed by atoms with E-state index >= 15 is 0 Å². The number of methoxy groups -OCH3 is 1. The van der Waals surface area contributed by atoms with Crippen molar-refractivity contribution in [2.75, 3.05) is 32.6 Å². The highest BCUT2D eigenvalue weighted by molar-refractivity contribution is 7.89. The molecule has 1 rings (SSSR count). The van der Waals surface area contributed by atoms with Crippen molar-refractivity contribution in [1.82, 2.24) is 9.62 Å². The third-order valence-electron chi connectivity index (χ3n) is 3.32. The summed E-state index contributed by atoms with van der Waals surface area (Å²) in [6, 6.07) is 0. The number of sulfonamides is 1. The lowest BCUT2D eigenvalue weighted by Crippen LogP contribution is -2.57. The van der Waals surface area contributed by atoms with Gasteiger partial charge in [-0.05, 0) is 27.2 Å². The summed E-state index contributed by atoms with van der Waals surface area (Å²) in [4.78, 5) is 23.5. The van der Waals surface area contributed by atoms with Crippen LogP contribution >= 0.6 is 0 Å². The van der Waals surface area contributed by atoms with Gasteiger partial charge in [0.05, 0.1) is 12.4 Å². The number of carboxylic acids is 1. The highest BCUT2D eigenvalue weighted by atomic mass is 32.2. The first-order valence-electron chi connectivity index (χ1n) is 7.13. The largest absolute Gasteiger partial charge is 0.479 e. The number of hydrogen-bond donors (Lipinski definition) is 2. The highest BCUT2D eigenvalue weighted by Crippen LogP contribution is 2.25. The first-order chi connectivity index (χ1) is 10.4. The Morgan fingerprint density at radius 3 is 2.43 bits per heavy atom. The van der Waals surface area contributed by atoms with Crippen molar-refractivity contribution in [3.8, 4) is 0 Å².